The molecule has 4 heteroatoms. The molecular weight excluding hydrogens is 290 g/mol. The summed E-state index contributed by atoms with van der Waals surface area (Å²) in [6.07, 6.45) is 2.62. The molecule has 0 aliphatic heterocycles. The van der Waals surface area contributed by atoms with Gasteiger partial charge in [0.15, 0.2) is 0 Å². The maximum Gasteiger partial charge on any atom is 0.306 e. The number of carboxylic acid groups (broad SMARTS) is 1. The fourth-order valence-electron chi connectivity index (χ4n) is 3.45. The van der Waals surface area contributed by atoms with Crippen LogP contribution in [0.2, 0.25) is 0 Å². The number of benzene rings is 1. The lowest BCUT2D eigenvalue weighted by Gasteiger charge is -2.24. The average molecular weight is 317 g/mol. The summed E-state index contributed by atoms with van der Waals surface area (Å²) >= 11 is 0. The molecule has 2 N–H and O–H groups in total. The Labute approximate surface area is 138 Å². The van der Waals surface area contributed by atoms with Gasteiger partial charge in [0, 0.05) is 5.92 Å². The highest BCUT2D eigenvalue weighted by Gasteiger charge is 2.34. The first-order valence-corrected chi connectivity index (χ1v) is 8.47. The number of hydrogen-bond acceptors (Lipinski definition) is 2. The quantitative estimate of drug-likeness (QED) is 0.840. The molecule has 1 aromatic carbocycles. The number of nitrogens with one attached hydrogen (secondary N) is 1. The van der Waals surface area contributed by atoms with E-state index >= 15 is 0 Å². The maximum atomic E-state index is 12.6. The summed E-state index contributed by atoms with van der Waals surface area (Å²) in [5, 5.41) is 12.3. The molecule has 2 rings (SSSR count). The lowest BCUT2D eigenvalue weighted by Crippen LogP contribution is -2.34. The topological polar surface area (TPSA) is 66.4 Å². The summed E-state index contributed by atoms with van der Waals surface area (Å²) in [7, 11) is 0. The normalized spacial score (nSPS) is 22.1. The van der Waals surface area contributed by atoms with Crippen molar-refractivity contribution in [2.75, 3.05) is 0 Å². The molecule has 1 unspecified atom stereocenters. The van der Waals surface area contributed by atoms with E-state index in [1.165, 1.54) is 5.56 Å². The Kier molecular flexibility index (Phi) is 5.80. The molecule has 1 aliphatic carbocycles. The predicted octanol–water partition coefficient (Wildman–Crippen LogP) is 3.70. The number of amides is 1. The highest BCUT2D eigenvalue weighted by Crippen LogP contribution is 2.32. The maximum absolute atomic E-state index is 12.6. The second-order valence-corrected chi connectivity index (χ2v) is 7.09. The number of aryl methyl sites for hydroxylation is 1. The van der Waals surface area contributed by atoms with E-state index in [9.17, 15) is 9.59 Å². The number of aliphatic carboxylic acids is 1. The van der Waals surface area contributed by atoms with Crippen LogP contribution in [0.3, 0.4) is 0 Å². The molecule has 23 heavy (non-hydrogen) atoms. The molecule has 0 aromatic heterocycles. The van der Waals surface area contributed by atoms with Crippen LogP contribution in [0.5, 0.6) is 0 Å². The molecule has 4 nitrogen and oxygen atoms in total. The molecule has 3 atom stereocenters. The first kappa shape index (κ1) is 17.5. The predicted molar refractivity (Wildman–Crippen MR) is 90.0 cm³/mol. The molecule has 0 spiro atoms. The molecule has 1 aliphatic rings. The minimum Gasteiger partial charge on any atom is -0.481 e. The van der Waals surface area contributed by atoms with Crippen molar-refractivity contribution < 1.29 is 14.7 Å². The molecule has 126 valence electrons. The Morgan fingerprint density at radius 3 is 2.43 bits per heavy atom. The zero-order valence-corrected chi connectivity index (χ0v) is 14.2. The van der Waals surface area contributed by atoms with Crippen molar-refractivity contribution in [3.8, 4) is 0 Å². The highest BCUT2D eigenvalue weighted by molar-refractivity contribution is 5.81. The molecule has 0 heterocycles. The lowest BCUT2D eigenvalue weighted by atomic mass is 9.93. The SMILES string of the molecule is Cc1ccccc1C(CC(C)C)NC(=O)[C@@H]1CC[C@H](C(=O)O)C1. The van der Waals surface area contributed by atoms with Gasteiger partial charge in [-0.25, -0.2) is 0 Å². The van der Waals surface area contributed by atoms with E-state index in [0.29, 0.717) is 25.2 Å². The van der Waals surface area contributed by atoms with Crippen molar-refractivity contribution in [2.45, 2.75) is 52.5 Å². The monoisotopic (exact) mass is 317 g/mol. The van der Waals surface area contributed by atoms with Crippen LogP contribution in [0, 0.1) is 24.7 Å². The van der Waals surface area contributed by atoms with Crippen LogP contribution < -0.4 is 5.32 Å². The number of rotatable bonds is 6. The number of carbonyl (C=O) groups excluding carboxylic acids is 1. The number of carbonyl (C=O) groups is 2. The van der Waals surface area contributed by atoms with Crippen LogP contribution in [0.1, 0.15) is 56.7 Å². The van der Waals surface area contributed by atoms with Gasteiger partial charge in [0.1, 0.15) is 0 Å². The second-order valence-electron chi connectivity index (χ2n) is 7.09. The molecule has 0 bridgehead atoms. The van der Waals surface area contributed by atoms with Gasteiger partial charge < -0.3 is 10.4 Å². The van der Waals surface area contributed by atoms with E-state index in [4.69, 9.17) is 5.11 Å². The minimum atomic E-state index is -0.780. The Balaban J connectivity index is 2.08. The smallest absolute Gasteiger partial charge is 0.306 e. The second kappa shape index (κ2) is 7.62. The third-order valence-corrected chi connectivity index (χ3v) is 4.74. The van der Waals surface area contributed by atoms with Gasteiger partial charge in [0.2, 0.25) is 5.91 Å². The number of carboxylic acids is 1. The van der Waals surface area contributed by atoms with Crippen molar-refractivity contribution in [1.82, 2.24) is 5.32 Å². The Morgan fingerprint density at radius 2 is 1.87 bits per heavy atom. The van der Waals surface area contributed by atoms with E-state index in [1.807, 2.05) is 12.1 Å². The molecule has 1 fully saturated rings. The molecule has 0 saturated heterocycles. The van der Waals surface area contributed by atoms with E-state index < -0.39 is 5.97 Å². The summed E-state index contributed by atoms with van der Waals surface area (Å²) in [6.45, 7) is 6.35. The van der Waals surface area contributed by atoms with Crippen LogP contribution in [-0.2, 0) is 9.59 Å². The highest BCUT2D eigenvalue weighted by atomic mass is 16.4. The van der Waals surface area contributed by atoms with Gasteiger partial charge in [-0.3, -0.25) is 9.59 Å². The number of hydrogen-bond donors (Lipinski definition) is 2. The molecule has 1 saturated carbocycles. The first-order chi connectivity index (χ1) is 10.9. The van der Waals surface area contributed by atoms with Gasteiger partial charge in [-0.1, -0.05) is 38.1 Å². The summed E-state index contributed by atoms with van der Waals surface area (Å²) in [5.74, 6) is -0.849. The van der Waals surface area contributed by atoms with Gasteiger partial charge >= 0.3 is 5.97 Å². The molecule has 0 radical (unpaired) electrons. The minimum absolute atomic E-state index is 0.00246. The van der Waals surface area contributed by atoms with Crippen molar-refractivity contribution in [2.24, 2.45) is 17.8 Å². The molecule has 1 aromatic rings. The van der Waals surface area contributed by atoms with E-state index in [0.717, 1.165) is 12.0 Å². The van der Waals surface area contributed by atoms with Crippen LogP contribution in [0.15, 0.2) is 24.3 Å². The zero-order valence-electron chi connectivity index (χ0n) is 14.2. The van der Waals surface area contributed by atoms with Crippen LogP contribution in [0.25, 0.3) is 0 Å². The zero-order chi connectivity index (χ0) is 17.0. The summed E-state index contributed by atoms with van der Waals surface area (Å²) in [6, 6.07) is 8.12. The van der Waals surface area contributed by atoms with Crippen molar-refractivity contribution in [3.05, 3.63) is 35.4 Å². The Bertz CT molecular complexity index is 567. The molecule has 1 amide bonds. The van der Waals surface area contributed by atoms with Gasteiger partial charge in [0.05, 0.1) is 12.0 Å². The van der Waals surface area contributed by atoms with Gasteiger partial charge in [-0.15, -0.1) is 0 Å². The molecular formula is C19H27NO3. The average Bonchev–Trinajstić information content (AvgIpc) is 2.96. The summed E-state index contributed by atoms with van der Waals surface area (Å²) in [4.78, 5) is 23.7. The van der Waals surface area contributed by atoms with Crippen LogP contribution >= 0.6 is 0 Å². The first-order valence-electron chi connectivity index (χ1n) is 8.47. The fraction of sp³-hybridized carbons (Fsp3) is 0.579. The van der Waals surface area contributed by atoms with Crippen molar-refractivity contribution in [3.63, 3.8) is 0 Å². The largest absolute Gasteiger partial charge is 0.481 e. The van der Waals surface area contributed by atoms with E-state index in [-0.39, 0.29) is 23.8 Å². The van der Waals surface area contributed by atoms with Crippen LogP contribution in [0.4, 0.5) is 0 Å². The lowest BCUT2D eigenvalue weighted by molar-refractivity contribution is -0.141. The summed E-state index contributed by atoms with van der Waals surface area (Å²) < 4.78 is 0. The van der Waals surface area contributed by atoms with Crippen molar-refractivity contribution in [1.29, 1.82) is 0 Å². The van der Waals surface area contributed by atoms with Crippen molar-refractivity contribution >= 4 is 11.9 Å². The Hall–Kier alpha value is -1.84. The van der Waals surface area contributed by atoms with E-state index in [2.05, 4.69) is 38.2 Å². The third kappa shape index (κ3) is 4.57. The van der Waals surface area contributed by atoms with Gasteiger partial charge in [-0.2, -0.15) is 0 Å². The summed E-state index contributed by atoms with van der Waals surface area (Å²) in [5.41, 5.74) is 2.33. The van der Waals surface area contributed by atoms with Gasteiger partial charge in [0.25, 0.3) is 0 Å². The standard InChI is InChI=1S/C19H27NO3/c1-12(2)10-17(16-7-5-4-6-13(16)3)20-18(21)14-8-9-15(11-14)19(22)23/h4-7,12,14-15,17H,8-11H2,1-3H3,(H,20,21)(H,22,23)/t14-,15+,17?/m1/s1. The van der Waals surface area contributed by atoms with Gasteiger partial charge in [-0.05, 0) is 49.7 Å². The fourth-order valence-corrected chi connectivity index (χ4v) is 3.45. The Morgan fingerprint density at radius 1 is 1.22 bits per heavy atom. The van der Waals surface area contributed by atoms with Crippen LogP contribution in [-0.4, -0.2) is 17.0 Å². The van der Waals surface area contributed by atoms with E-state index in [1.54, 1.807) is 0 Å². The third-order valence-electron chi connectivity index (χ3n) is 4.74.